The number of para-hydroxylation sites is 1. The summed E-state index contributed by atoms with van der Waals surface area (Å²) in [6.07, 6.45) is 0. The van der Waals surface area contributed by atoms with Gasteiger partial charge in [-0.2, -0.15) is 0 Å². The average Bonchev–Trinajstić information content (AvgIpc) is 2.68. The molecule has 0 aliphatic heterocycles. The molecule has 3 aromatic rings. The van der Waals surface area contributed by atoms with Gasteiger partial charge in [0.25, 0.3) is 5.91 Å². The van der Waals surface area contributed by atoms with E-state index in [2.05, 4.69) is 5.32 Å². The molecular weight excluding hydrogens is 346 g/mol. The number of carbonyl (C=O) groups excluding carboxylic acids is 3. The number of carboxylic acid groups (broad SMARTS) is 2. The van der Waals surface area contributed by atoms with E-state index < -0.39 is 17.8 Å². The van der Waals surface area contributed by atoms with E-state index in [1.54, 1.807) is 42.5 Å². The number of rotatable bonds is 5. The predicted octanol–water partition coefficient (Wildman–Crippen LogP) is 1.33. The van der Waals surface area contributed by atoms with Crippen LogP contribution in [-0.2, 0) is 0 Å². The van der Waals surface area contributed by atoms with Crippen LogP contribution in [0.25, 0.3) is 11.1 Å². The maximum Gasteiger partial charge on any atom is 0.256 e. The fraction of sp³-hybridized carbons (Fsp3) is 0. The monoisotopic (exact) mass is 359 g/mol. The van der Waals surface area contributed by atoms with Crippen molar-refractivity contribution in [1.82, 2.24) is 0 Å². The molecule has 134 valence electrons. The van der Waals surface area contributed by atoms with Gasteiger partial charge in [0.2, 0.25) is 0 Å². The molecule has 0 unspecified atom stereocenters. The molecule has 0 radical (unpaired) electrons. The first-order valence-corrected chi connectivity index (χ1v) is 8.00. The fourth-order valence-corrected chi connectivity index (χ4v) is 2.77. The first-order chi connectivity index (χ1) is 13.0. The van der Waals surface area contributed by atoms with E-state index in [0.717, 1.165) is 0 Å². The predicted molar refractivity (Wildman–Crippen MR) is 94.9 cm³/mol. The van der Waals surface area contributed by atoms with Crippen LogP contribution in [0.5, 0.6) is 0 Å². The molecule has 0 saturated heterocycles. The van der Waals surface area contributed by atoms with E-state index >= 15 is 0 Å². The van der Waals surface area contributed by atoms with Gasteiger partial charge in [-0.15, -0.1) is 0 Å². The minimum Gasteiger partial charge on any atom is -0.545 e. The molecule has 27 heavy (non-hydrogen) atoms. The van der Waals surface area contributed by atoms with E-state index in [0.29, 0.717) is 11.1 Å². The molecule has 0 fully saturated rings. The van der Waals surface area contributed by atoms with Gasteiger partial charge in [-0.25, -0.2) is 0 Å². The fourth-order valence-electron chi connectivity index (χ4n) is 2.77. The highest BCUT2D eigenvalue weighted by molar-refractivity contribution is 6.11. The Labute approximate surface area is 154 Å². The third kappa shape index (κ3) is 3.69. The Bertz CT molecular complexity index is 1040. The van der Waals surface area contributed by atoms with Crippen molar-refractivity contribution in [2.75, 3.05) is 5.32 Å². The van der Waals surface area contributed by atoms with E-state index in [4.69, 9.17) is 0 Å². The Morgan fingerprint density at radius 2 is 1.04 bits per heavy atom. The van der Waals surface area contributed by atoms with Crippen LogP contribution in [0.4, 0.5) is 5.69 Å². The topological polar surface area (TPSA) is 109 Å². The molecule has 1 N–H and O–H groups in total. The molecule has 1 amide bonds. The highest BCUT2D eigenvalue weighted by Crippen LogP contribution is 2.28. The van der Waals surface area contributed by atoms with E-state index in [-0.39, 0.29) is 22.4 Å². The summed E-state index contributed by atoms with van der Waals surface area (Å²) in [5, 5.41) is 25.2. The molecule has 6 nitrogen and oxygen atoms in total. The lowest BCUT2D eigenvalue weighted by Gasteiger charge is -2.16. The lowest BCUT2D eigenvalue weighted by molar-refractivity contribution is -0.256. The molecule has 0 aliphatic rings. The largest absolute Gasteiger partial charge is 0.545 e. The van der Waals surface area contributed by atoms with Crippen LogP contribution in [0.2, 0.25) is 0 Å². The third-order valence-electron chi connectivity index (χ3n) is 4.00. The Kier molecular flexibility index (Phi) is 4.99. The van der Waals surface area contributed by atoms with Gasteiger partial charge < -0.3 is 25.1 Å². The molecule has 0 spiro atoms. The molecule has 3 rings (SSSR count). The van der Waals surface area contributed by atoms with Crippen LogP contribution in [0.3, 0.4) is 0 Å². The Morgan fingerprint density at radius 1 is 0.593 bits per heavy atom. The smallest absolute Gasteiger partial charge is 0.256 e. The quantitative estimate of drug-likeness (QED) is 0.739. The number of nitrogens with one attached hydrogen (secondary N) is 1. The molecular formula is C21H13NO5-2. The summed E-state index contributed by atoms with van der Waals surface area (Å²) in [7, 11) is 0. The molecule has 0 saturated carbocycles. The highest BCUT2D eigenvalue weighted by Gasteiger charge is 2.16. The molecule has 3 aromatic carbocycles. The minimum atomic E-state index is -1.42. The third-order valence-corrected chi connectivity index (χ3v) is 4.00. The average molecular weight is 359 g/mol. The molecule has 0 bridgehead atoms. The number of carbonyl (C=O) groups is 3. The highest BCUT2D eigenvalue weighted by atomic mass is 16.4. The second kappa shape index (κ2) is 7.53. The lowest BCUT2D eigenvalue weighted by Crippen LogP contribution is -2.25. The van der Waals surface area contributed by atoms with Crippen molar-refractivity contribution in [3.63, 3.8) is 0 Å². The van der Waals surface area contributed by atoms with E-state index in [9.17, 15) is 24.6 Å². The van der Waals surface area contributed by atoms with Crippen LogP contribution in [-0.4, -0.2) is 17.8 Å². The second-order valence-corrected chi connectivity index (χ2v) is 5.67. The number of hydrogen-bond donors (Lipinski definition) is 1. The van der Waals surface area contributed by atoms with Crippen molar-refractivity contribution < 1.29 is 24.6 Å². The van der Waals surface area contributed by atoms with Gasteiger partial charge >= 0.3 is 0 Å². The Balaban J connectivity index is 2.04. The summed E-state index contributed by atoms with van der Waals surface area (Å²) >= 11 is 0. The summed E-state index contributed by atoms with van der Waals surface area (Å²) in [5.74, 6) is -3.35. The maximum absolute atomic E-state index is 12.8. The van der Waals surface area contributed by atoms with Crippen molar-refractivity contribution in [3.05, 3.63) is 89.5 Å². The van der Waals surface area contributed by atoms with Crippen LogP contribution in [0.1, 0.15) is 31.1 Å². The van der Waals surface area contributed by atoms with Gasteiger partial charge in [0, 0.05) is 16.7 Å². The van der Waals surface area contributed by atoms with Crippen LogP contribution in [0.15, 0.2) is 72.8 Å². The molecule has 0 atom stereocenters. The summed E-state index contributed by atoms with van der Waals surface area (Å²) < 4.78 is 0. The van der Waals surface area contributed by atoms with Crippen LogP contribution in [0, 0.1) is 0 Å². The van der Waals surface area contributed by atoms with E-state index in [1.165, 1.54) is 30.3 Å². The summed E-state index contributed by atoms with van der Waals surface area (Å²) in [5.41, 5.74) is 0.799. The van der Waals surface area contributed by atoms with Crippen molar-refractivity contribution in [3.8, 4) is 11.1 Å². The lowest BCUT2D eigenvalue weighted by atomic mass is 9.95. The second-order valence-electron chi connectivity index (χ2n) is 5.67. The van der Waals surface area contributed by atoms with Gasteiger partial charge in [-0.3, -0.25) is 4.79 Å². The summed E-state index contributed by atoms with van der Waals surface area (Å²) in [6.45, 7) is 0. The molecule has 0 aromatic heterocycles. The number of carboxylic acids is 2. The van der Waals surface area contributed by atoms with Crippen LogP contribution >= 0.6 is 0 Å². The minimum absolute atomic E-state index is 0.0483. The first kappa shape index (κ1) is 17.9. The van der Waals surface area contributed by atoms with Gasteiger partial charge in [0.1, 0.15) is 0 Å². The van der Waals surface area contributed by atoms with Gasteiger partial charge in [-0.1, -0.05) is 60.7 Å². The number of aromatic carboxylic acids is 2. The molecule has 0 heterocycles. The Hall–Kier alpha value is -3.93. The Morgan fingerprint density at radius 3 is 1.63 bits per heavy atom. The maximum atomic E-state index is 12.8. The SMILES string of the molecule is O=C([O-])c1ccccc1NC(=O)c1ccccc1-c1ccccc1C(=O)[O-]. The standard InChI is InChI=1S/C21H15NO5/c23-19(22-18-12-6-5-11-17(18)21(26)27)15-9-3-1-7-13(15)14-8-2-4-10-16(14)20(24)25/h1-12H,(H,22,23)(H,24,25)(H,26,27)/p-2. The van der Waals surface area contributed by atoms with Crippen LogP contribution < -0.4 is 15.5 Å². The number of amides is 1. The van der Waals surface area contributed by atoms with Crippen molar-refractivity contribution in [2.24, 2.45) is 0 Å². The summed E-state index contributed by atoms with van der Waals surface area (Å²) in [4.78, 5) is 35.4. The molecule has 6 heteroatoms. The first-order valence-electron chi connectivity index (χ1n) is 8.00. The van der Waals surface area contributed by atoms with Gasteiger partial charge in [0.15, 0.2) is 0 Å². The van der Waals surface area contributed by atoms with E-state index in [1.807, 2.05) is 0 Å². The zero-order chi connectivity index (χ0) is 19.4. The summed E-state index contributed by atoms with van der Waals surface area (Å²) in [6, 6.07) is 18.5. The molecule has 0 aliphatic carbocycles. The van der Waals surface area contributed by atoms with Gasteiger partial charge in [0.05, 0.1) is 17.6 Å². The number of benzene rings is 3. The van der Waals surface area contributed by atoms with Crippen molar-refractivity contribution in [1.29, 1.82) is 0 Å². The zero-order valence-electron chi connectivity index (χ0n) is 14.0. The normalized spacial score (nSPS) is 10.2. The van der Waals surface area contributed by atoms with Crippen molar-refractivity contribution >= 4 is 23.5 Å². The number of anilines is 1. The zero-order valence-corrected chi connectivity index (χ0v) is 14.0. The van der Waals surface area contributed by atoms with Gasteiger partial charge in [-0.05, 0) is 23.3 Å². The van der Waals surface area contributed by atoms with Crippen molar-refractivity contribution in [2.45, 2.75) is 0 Å². The number of hydrogen-bond acceptors (Lipinski definition) is 5.